The molecule has 0 saturated heterocycles. The van der Waals surface area contributed by atoms with Gasteiger partial charge in [-0.25, -0.2) is 0 Å². The molecule has 0 spiro atoms. The maximum absolute atomic E-state index is 5.28. The van der Waals surface area contributed by atoms with Crippen molar-refractivity contribution in [2.24, 2.45) is 0 Å². The number of hydrogen-bond donors (Lipinski definition) is 1. The summed E-state index contributed by atoms with van der Waals surface area (Å²) in [5.41, 5.74) is 1.50. The maximum atomic E-state index is 5.28. The monoisotopic (exact) mass is 387 g/mol. The standard InChI is InChI=1S/C15H14BrN7O/c1-15(2,3)23-20-13(19-22-23)14-18-12(21-24-14)11-7-8-6-9(16)4-5-10(8)17-11/h4-7,17H,1-3H3. The Labute approximate surface area is 145 Å². The van der Waals surface area contributed by atoms with Crippen molar-refractivity contribution in [2.75, 3.05) is 0 Å². The smallest absolute Gasteiger partial charge is 0.299 e. The quantitative estimate of drug-likeness (QED) is 0.565. The number of tetrazole rings is 1. The van der Waals surface area contributed by atoms with Crippen molar-refractivity contribution in [3.8, 4) is 23.2 Å². The average molecular weight is 388 g/mol. The third-order valence-electron chi connectivity index (χ3n) is 3.45. The molecule has 0 aliphatic carbocycles. The van der Waals surface area contributed by atoms with Crippen LogP contribution < -0.4 is 0 Å². The molecule has 0 fully saturated rings. The van der Waals surface area contributed by atoms with Crippen molar-refractivity contribution in [1.29, 1.82) is 0 Å². The zero-order valence-corrected chi connectivity index (χ0v) is 14.9. The van der Waals surface area contributed by atoms with E-state index in [9.17, 15) is 0 Å². The normalized spacial score (nSPS) is 12.2. The Balaban J connectivity index is 1.70. The first-order chi connectivity index (χ1) is 11.4. The summed E-state index contributed by atoms with van der Waals surface area (Å²) in [5, 5.41) is 17.4. The molecule has 24 heavy (non-hydrogen) atoms. The number of hydrogen-bond acceptors (Lipinski definition) is 6. The molecule has 0 bridgehead atoms. The summed E-state index contributed by atoms with van der Waals surface area (Å²) < 4.78 is 6.29. The molecule has 8 nitrogen and oxygen atoms in total. The zero-order valence-electron chi connectivity index (χ0n) is 13.3. The van der Waals surface area contributed by atoms with Crippen LogP contribution in [0.1, 0.15) is 20.8 Å². The summed E-state index contributed by atoms with van der Waals surface area (Å²) in [7, 11) is 0. The van der Waals surface area contributed by atoms with Gasteiger partial charge in [-0.3, -0.25) is 0 Å². The molecule has 0 saturated carbocycles. The first-order valence-corrected chi connectivity index (χ1v) is 8.13. The Kier molecular flexibility index (Phi) is 3.27. The largest absolute Gasteiger partial charge is 0.352 e. The van der Waals surface area contributed by atoms with Crippen molar-refractivity contribution in [3.05, 3.63) is 28.7 Å². The van der Waals surface area contributed by atoms with Crippen molar-refractivity contribution in [3.63, 3.8) is 0 Å². The summed E-state index contributed by atoms with van der Waals surface area (Å²) in [6.07, 6.45) is 0. The van der Waals surface area contributed by atoms with Gasteiger partial charge >= 0.3 is 0 Å². The fourth-order valence-electron chi connectivity index (χ4n) is 2.23. The highest BCUT2D eigenvalue weighted by atomic mass is 79.9. The number of aromatic amines is 1. The minimum Gasteiger partial charge on any atom is -0.352 e. The molecule has 0 unspecified atom stereocenters. The number of H-pyrrole nitrogens is 1. The van der Waals surface area contributed by atoms with Crippen LogP contribution in [-0.2, 0) is 5.54 Å². The van der Waals surface area contributed by atoms with E-state index in [4.69, 9.17) is 4.52 Å². The molecule has 0 aliphatic heterocycles. The van der Waals surface area contributed by atoms with E-state index < -0.39 is 0 Å². The Morgan fingerprint density at radius 2 is 2.00 bits per heavy atom. The van der Waals surface area contributed by atoms with Gasteiger partial charge in [-0.1, -0.05) is 21.1 Å². The van der Waals surface area contributed by atoms with E-state index in [1.807, 2.05) is 45.0 Å². The van der Waals surface area contributed by atoms with Crippen molar-refractivity contribution >= 4 is 26.8 Å². The van der Waals surface area contributed by atoms with Gasteiger partial charge in [-0.15, -0.1) is 10.2 Å². The molecule has 1 N–H and O–H groups in total. The van der Waals surface area contributed by atoms with Gasteiger partial charge in [0.2, 0.25) is 5.82 Å². The highest BCUT2D eigenvalue weighted by Crippen LogP contribution is 2.26. The fourth-order valence-corrected chi connectivity index (χ4v) is 2.61. The van der Waals surface area contributed by atoms with Gasteiger partial charge in [0.25, 0.3) is 11.7 Å². The lowest BCUT2D eigenvalue weighted by molar-refractivity contribution is 0.306. The number of benzene rings is 1. The van der Waals surface area contributed by atoms with Crippen LogP contribution in [0.3, 0.4) is 0 Å². The summed E-state index contributed by atoms with van der Waals surface area (Å²) in [6, 6.07) is 7.94. The molecule has 122 valence electrons. The summed E-state index contributed by atoms with van der Waals surface area (Å²) in [4.78, 5) is 9.15. The Hall–Kier alpha value is -2.55. The first kappa shape index (κ1) is 15.0. The van der Waals surface area contributed by atoms with Gasteiger partial charge in [0.15, 0.2) is 0 Å². The predicted octanol–water partition coefficient (Wildman–Crippen LogP) is 3.39. The van der Waals surface area contributed by atoms with Crippen LogP contribution in [0.15, 0.2) is 33.3 Å². The van der Waals surface area contributed by atoms with E-state index in [1.165, 1.54) is 4.80 Å². The van der Waals surface area contributed by atoms with Crippen LogP contribution >= 0.6 is 15.9 Å². The average Bonchev–Trinajstić information content (AvgIpc) is 3.23. The van der Waals surface area contributed by atoms with E-state index >= 15 is 0 Å². The molecule has 4 rings (SSSR count). The number of halogens is 1. The molecule has 0 aliphatic rings. The molecule has 3 aromatic heterocycles. The van der Waals surface area contributed by atoms with Gasteiger partial charge in [-0.05, 0) is 50.3 Å². The SMILES string of the molecule is CC(C)(C)n1nnc(-c2nc(-c3cc4cc(Br)ccc4[nH]3)no2)n1. The fraction of sp³-hybridized carbons (Fsp3) is 0.267. The molecular weight excluding hydrogens is 374 g/mol. The topological polar surface area (TPSA) is 98.3 Å². The minimum atomic E-state index is -0.265. The van der Waals surface area contributed by atoms with E-state index in [-0.39, 0.29) is 11.4 Å². The second-order valence-electron chi connectivity index (χ2n) is 6.41. The molecular formula is C15H14BrN7O. The first-order valence-electron chi connectivity index (χ1n) is 7.33. The van der Waals surface area contributed by atoms with E-state index in [0.29, 0.717) is 11.6 Å². The molecule has 0 atom stereocenters. The zero-order chi connectivity index (χ0) is 16.9. The second-order valence-corrected chi connectivity index (χ2v) is 7.33. The minimum absolute atomic E-state index is 0.236. The van der Waals surface area contributed by atoms with Gasteiger partial charge in [-0.2, -0.15) is 9.78 Å². The van der Waals surface area contributed by atoms with Crippen LogP contribution in [-0.4, -0.2) is 35.3 Å². The third-order valence-corrected chi connectivity index (χ3v) is 3.95. The van der Waals surface area contributed by atoms with Gasteiger partial charge in [0.05, 0.1) is 11.2 Å². The molecule has 3 heterocycles. The Morgan fingerprint density at radius 3 is 2.75 bits per heavy atom. The lowest BCUT2D eigenvalue weighted by atomic mass is 10.1. The molecule has 1 aromatic carbocycles. The van der Waals surface area contributed by atoms with Crippen LogP contribution in [0.2, 0.25) is 0 Å². The van der Waals surface area contributed by atoms with Gasteiger partial charge in [0, 0.05) is 15.4 Å². The summed E-state index contributed by atoms with van der Waals surface area (Å²) >= 11 is 3.46. The molecule has 0 radical (unpaired) electrons. The number of aromatic nitrogens is 7. The van der Waals surface area contributed by atoms with Crippen molar-refractivity contribution in [1.82, 2.24) is 35.3 Å². The molecule has 0 amide bonds. The molecule has 9 heteroatoms. The van der Waals surface area contributed by atoms with E-state index in [1.54, 1.807) is 0 Å². The van der Waals surface area contributed by atoms with Crippen LogP contribution in [0.5, 0.6) is 0 Å². The van der Waals surface area contributed by atoms with Crippen LogP contribution in [0.25, 0.3) is 34.1 Å². The molecule has 4 aromatic rings. The predicted molar refractivity (Wildman–Crippen MR) is 91.1 cm³/mol. The lowest BCUT2D eigenvalue weighted by Crippen LogP contribution is -2.24. The summed E-state index contributed by atoms with van der Waals surface area (Å²) in [6.45, 7) is 5.96. The van der Waals surface area contributed by atoms with E-state index in [0.717, 1.165) is 21.1 Å². The van der Waals surface area contributed by atoms with E-state index in [2.05, 4.69) is 46.5 Å². The Morgan fingerprint density at radius 1 is 1.17 bits per heavy atom. The van der Waals surface area contributed by atoms with Crippen LogP contribution in [0.4, 0.5) is 0 Å². The third kappa shape index (κ3) is 2.60. The highest BCUT2D eigenvalue weighted by molar-refractivity contribution is 9.10. The number of rotatable bonds is 2. The van der Waals surface area contributed by atoms with Gasteiger partial charge in [0.1, 0.15) is 0 Å². The van der Waals surface area contributed by atoms with Crippen molar-refractivity contribution in [2.45, 2.75) is 26.3 Å². The number of nitrogens with zero attached hydrogens (tertiary/aromatic N) is 6. The second kappa shape index (κ2) is 5.23. The number of nitrogens with one attached hydrogen (secondary N) is 1. The summed E-state index contributed by atoms with van der Waals surface area (Å²) in [5.74, 6) is 0.993. The highest BCUT2D eigenvalue weighted by Gasteiger charge is 2.21. The van der Waals surface area contributed by atoms with Crippen molar-refractivity contribution < 1.29 is 4.52 Å². The van der Waals surface area contributed by atoms with Gasteiger partial charge < -0.3 is 9.51 Å². The number of fused-ring (bicyclic) bond motifs is 1. The Bertz CT molecular complexity index is 1020. The lowest BCUT2D eigenvalue weighted by Gasteiger charge is -2.14. The van der Waals surface area contributed by atoms with Crippen LogP contribution in [0, 0.1) is 0 Å². The maximum Gasteiger partial charge on any atom is 0.299 e.